The molecule has 0 aromatic rings. The second-order valence-corrected chi connectivity index (χ2v) is 11.1. The van der Waals surface area contributed by atoms with Gasteiger partial charge in [0.15, 0.2) is 18.1 Å². The van der Waals surface area contributed by atoms with Crippen LogP contribution in [0.25, 0.3) is 0 Å². The van der Waals surface area contributed by atoms with Crippen LogP contribution in [0.3, 0.4) is 0 Å². The lowest BCUT2D eigenvalue weighted by Crippen LogP contribution is -2.70. The second kappa shape index (κ2) is 22.0. The van der Waals surface area contributed by atoms with E-state index in [1.54, 1.807) is 0 Å². The molecular weight excluding hydrogens is 482 g/mol. The summed E-state index contributed by atoms with van der Waals surface area (Å²) in [5.74, 6) is -3.51. The maximum Gasteiger partial charge on any atom is 0.362 e. The Kier molecular flexibility index (Phi) is 20.9. The van der Waals surface area contributed by atoms with Gasteiger partial charge in [-0.2, -0.15) is 0 Å². The van der Waals surface area contributed by atoms with Gasteiger partial charge >= 0.3 is 17.9 Å². The fourth-order valence-electron chi connectivity index (χ4n) is 5.54. The zero-order valence-corrected chi connectivity index (χ0v) is 24.8. The molecule has 0 heterocycles. The molecule has 0 bridgehead atoms. The van der Waals surface area contributed by atoms with E-state index in [9.17, 15) is 29.7 Å². The zero-order valence-electron chi connectivity index (χ0n) is 24.8. The number of hydrogen-bond donors (Lipinski definition) is 3. The average molecular weight is 541 g/mol. The van der Waals surface area contributed by atoms with E-state index in [0.29, 0.717) is 6.42 Å². The van der Waals surface area contributed by atoms with E-state index in [1.807, 2.05) is 0 Å². The lowest BCUT2D eigenvalue weighted by Gasteiger charge is -2.47. The lowest BCUT2D eigenvalue weighted by molar-refractivity contribution is -0.968. The molecular formula is C31H58NO6+. The van der Waals surface area contributed by atoms with E-state index >= 15 is 0 Å². The van der Waals surface area contributed by atoms with Gasteiger partial charge in [-0.1, -0.05) is 96.1 Å². The summed E-state index contributed by atoms with van der Waals surface area (Å²) in [6, 6.07) is -3.37. The predicted molar refractivity (Wildman–Crippen MR) is 154 cm³/mol. The molecule has 0 spiro atoms. The Morgan fingerprint density at radius 3 is 1.13 bits per heavy atom. The summed E-state index contributed by atoms with van der Waals surface area (Å²) in [6.07, 6.45) is 26.3. The fourth-order valence-corrected chi connectivity index (χ4v) is 5.54. The van der Waals surface area contributed by atoms with Gasteiger partial charge in [-0.15, -0.1) is 0 Å². The Labute approximate surface area is 232 Å². The maximum atomic E-state index is 11.8. The number of allylic oxidation sites excluding steroid dienone is 2. The normalized spacial score (nSPS) is 15.7. The van der Waals surface area contributed by atoms with Gasteiger partial charge in [-0.05, 0) is 59.3 Å². The standard InChI is InChI=1S/C31H57NO6/c1-5-6-7-8-9-10-11-12-13-14-15-16-17-18-19-20-21-22-23-24-25-32(26(2)29(33)34,27(3)30(35)36)28(4)31(37)38/h13-14,26-28H,5-12,15-25H2,1-4H3,(H2-,33,34,35,36,37,38)/p+1/b14-13+. The van der Waals surface area contributed by atoms with Gasteiger partial charge in [-0.3, -0.25) is 4.48 Å². The van der Waals surface area contributed by atoms with Gasteiger partial charge in [0.05, 0.1) is 6.54 Å². The molecule has 0 saturated heterocycles. The van der Waals surface area contributed by atoms with Gasteiger partial charge < -0.3 is 15.3 Å². The lowest BCUT2D eigenvalue weighted by atomic mass is 10.00. The van der Waals surface area contributed by atoms with Gasteiger partial charge in [0, 0.05) is 0 Å². The molecule has 0 rings (SSSR count). The van der Waals surface area contributed by atoms with Crippen molar-refractivity contribution in [3.05, 3.63) is 12.2 Å². The van der Waals surface area contributed by atoms with Crippen LogP contribution in [-0.4, -0.2) is 62.4 Å². The van der Waals surface area contributed by atoms with Crippen molar-refractivity contribution in [3.63, 3.8) is 0 Å². The van der Waals surface area contributed by atoms with E-state index in [-0.39, 0.29) is 6.54 Å². The molecule has 7 nitrogen and oxygen atoms in total. The summed E-state index contributed by atoms with van der Waals surface area (Å²) in [5.41, 5.74) is 0. The summed E-state index contributed by atoms with van der Waals surface area (Å²) in [4.78, 5) is 35.4. The van der Waals surface area contributed by atoms with Crippen LogP contribution in [0.15, 0.2) is 12.2 Å². The van der Waals surface area contributed by atoms with Gasteiger partial charge in [-0.25, -0.2) is 14.4 Å². The summed E-state index contributed by atoms with van der Waals surface area (Å²) < 4.78 is -0.479. The van der Waals surface area contributed by atoms with Crippen LogP contribution in [0, 0.1) is 0 Å². The Bertz CT molecular complexity index is 627. The molecule has 0 aromatic heterocycles. The van der Waals surface area contributed by atoms with E-state index in [0.717, 1.165) is 25.7 Å². The number of unbranched alkanes of at least 4 members (excludes halogenated alkanes) is 16. The average Bonchev–Trinajstić information content (AvgIpc) is 2.88. The Morgan fingerprint density at radius 1 is 0.526 bits per heavy atom. The molecule has 0 aliphatic carbocycles. The minimum atomic E-state index is -1.17. The predicted octanol–water partition coefficient (Wildman–Crippen LogP) is 7.82. The molecule has 0 fully saturated rings. The Morgan fingerprint density at radius 2 is 0.816 bits per heavy atom. The highest BCUT2D eigenvalue weighted by Crippen LogP contribution is 2.27. The highest BCUT2D eigenvalue weighted by Gasteiger charge is 2.52. The number of aliphatic carboxylic acids is 3. The number of carboxylic acids is 3. The zero-order chi connectivity index (χ0) is 28.8. The molecule has 0 aliphatic rings. The number of hydrogen-bond acceptors (Lipinski definition) is 3. The highest BCUT2D eigenvalue weighted by atomic mass is 16.4. The minimum absolute atomic E-state index is 0.223. The Hall–Kier alpha value is -1.89. The SMILES string of the molecule is CCCCCCCCC/C=C/CCCCCCCCCCC[N+](C(C)C(=O)O)(C(C)C(=O)O)C(C)C(=O)O. The number of rotatable bonds is 26. The molecule has 7 heteroatoms. The summed E-state index contributed by atoms with van der Waals surface area (Å²) in [7, 11) is 0. The molecule has 0 aromatic carbocycles. The van der Waals surface area contributed by atoms with Gasteiger partial charge in [0.2, 0.25) is 0 Å². The van der Waals surface area contributed by atoms with Crippen LogP contribution >= 0.6 is 0 Å². The summed E-state index contributed by atoms with van der Waals surface area (Å²) in [6.45, 7) is 6.75. The van der Waals surface area contributed by atoms with Gasteiger partial charge in [0.1, 0.15) is 0 Å². The molecule has 0 saturated carbocycles. The first-order valence-corrected chi connectivity index (χ1v) is 15.3. The van der Waals surface area contributed by atoms with Crippen molar-refractivity contribution in [1.82, 2.24) is 0 Å². The van der Waals surface area contributed by atoms with Crippen molar-refractivity contribution in [2.75, 3.05) is 6.54 Å². The van der Waals surface area contributed by atoms with E-state index in [2.05, 4.69) is 19.1 Å². The summed E-state index contributed by atoms with van der Waals surface area (Å²) >= 11 is 0. The third-order valence-corrected chi connectivity index (χ3v) is 8.29. The second-order valence-electron chi connectivity index (χ2n) is 11.1. The maximum absolute atomic E-state index is 11.8. The smallest absolute Gasteiger partial charge is 0.362 e. The fraction of sp³-hybridized carbons (Fsp3) is 0.839. The van der Waals surface area contributed by atoms with Crippen LogP contribution in [-0.2, 0) is 14.4 Å². The van der Waals surface area contributed by atoms with Gasteiger partial charge in [0.25, 0.3) is 0 Å². The highest BCUT2D eigenvalue weighted by molar-refractivity contribution is 5.77. The van der Waals surface area contributed by atoms with Crippen molar-refractivity contribution < 1.29 is 34.2 Å². The molecule has 0 amide bonds. The van der Waals surface area contributed by atoms with E-state index in [4.69, 9.17) is 0 Å². The first kappa shape index (κ1) is 36.1. The van der Waals surface area contributed by atoms with Crippen LogP contribution in [0.1, 0.15) is 143 Å². The third kappa shape index (κ3) is 14.3. The molecule has 38 heavy (non-hydrogen) atoms. The number of nitrogens with zero attached hydrogens (tertiary/aromatic N) is 1. The largest absolute Gasteiger partial charge is 0.477 e. The molecule has 0 aliphatic heterocycles. The van der Waals surface area contributed by atoms with Crippen LogP contribution in [0.2, 0.25) is 0 Å². The first-order valence-electron chi connectivity index (χ1n) is 15.3. The van der Waals surface area contributed by atoms with Crippen LogP contribution < -0.4 is 0 Å². The van der Waals surface area contributed by atoms with Crippen molar-refractivity contribution >= 4 is 17.9 Å². The molecule has 3 atom stereocenters. The van der Waals surface area contributed by atoms with Crippen molar-refractivity contribution in [2.45, 2.75) is 161 Å². The molecule has 3 unspecified atom stereocenters. The number of carbonyl (C=O) groups is 3. The molecule has 222 valence electrons. The van der Waals surface area contributed by atoms with Crippen molar-refractivity contribution in [3.8, 4) is 0 Å². The Balaban J connectivity index is 4.10. The number of carboxylic acid groups (broad SMARTS) is 3. The van der Waals surface area contributed by atoms with Crippen molar-refractivity contribution in [2.24, 2.45) is 0 Å². The van der Waals surface area contributed by atoms with Crippen LogP contribution in [0.4, 0.5) is 0 Å². The topological polar surface area (TPSA) is 112 Å². The van der Waals surface area contributed by atoms with E-state index < -0.39 is 40.5 Å². The quantitative estimate of drug-likeness (QED) is 0.0586. The third-order valence-electron chi connectivity index (χ3n) is 8.29. The van der Waals surface area contributed by atoms with Crippen molar-refractivity contribution in [1.29, 1.82) is 0 Å². The summed E-state index contributed by atoms with van der Waals surface area (Å²) in [5, 5.41) is 28.9. The number of quaternary nitrogens is 1. The minimum Gasteiger partial charge on any atom is -0.477 e. The monoisotopic (exact) mass is 540 g/mol. The molecule has 0 radical (unpaired) electrons. The first-order chi connectivity index (χ1) is 18.1. The van der Waals surface area contributed by atoms with Crippen LogP contribution in [0.5, 0.6) is 0 Å². The van der Waals surface area contributed by atoms with E-state index in [1.165, 1.54) is 104 Å². The molecule has 3 N–H and O–H groups in total.